The summed E-state index contributed by atoms with van der Waals surface area (Å²) in [4.78, 5) is 15.7. The standard InChI is InChI=1S/C23H19ClN2O2/c1-14-9-17-10-16(21-12-25-13-26(21)2)5-8-19(17)23(20(14)11-22(27)28)15-3-6-18(24)7-4-15/h3-10,12-13H,11H2,1-2H3,(H,27,28). The molecule has 28 heavy (non-hydrogen) atoms. The second-order valence-electron chi connectivity index (χ2n) is 6.95. The van der Waals surface area contributed by atoms with Crippen molar-refractivity contribution in [2.45, 2.75) is 13.3 Å². The van der Waals surface area contributed by atoms with E-state index in [1.165, 1.54) is 0 Å². The SMILES string of the molecule is Cc1cc2cc(-c3cncn3C)ccc2c(-c2ccc(Cl)cc2)c1CC(=O)O. The number of aliphatic carboxylic acids is 1. The molecule has 0 saturated carbocycles. The predicted octanol–water partition coefficient (Wildman–Crippen LogP) is 5.50. The van der Waals surface area contributed by atoms with Crippen molar-refractivity contribution in [2.75, 3.05) is 0 Å². The molecule has 0 spiro atoms. The van der Waals surface area contributed by atoms with E-state index in [9.17, 15) is 9.90 Å². The number of rotatable bonds is 4. The lowest BCUT2D eigenvalue weighted by Gasteiger charge is -2.17. The van der Waals surface area contributed by atoms with Crippen LogP contribution >= 0.6 is 11.6 Å². The normalized spacial score (nSPS) is 11.1. The second kappa shape index (κ2) is 7.13. The minimum atomic E-state index is -0.843. The van der Waals surface area contributed by atoms with Crippen LogP contribution in [-0.2, 0) is 18.3 Å². The van der Waals surface area contributed by atoms with Gasteiger partial charge in [0, 0.05) is 17.6 Å². The summed E-state index contributed by atoms with van der Waals surface area (Å²) in [6.45, 7) is 1.97. The van der Waals surface area contributed by atoms with Crippen LogP contribution in [0.2, 0.25) is 5.02 Å². The fraction of sp³-hybridized carbons (Fsp3) is 0.130. The molecule has 0 aliphatic carbocycles. The van der Waals surface area contributed by atoms with Gasteiger partial charge in [-0.25, -0.2) is 4.98 Å². The molecule has 4 aromatic rings. The molecule has 0 unspecified atom stereocenters. The van der Waals surface area contributed by atoms with Crippen molar-refractivity contribution in [3.05, 3.63) is 77.2 Å². The number of hydrogen-bond donors (Lipinski definition) is 1. The van der Waals surface area contributed by atoms with Crippen LogP contribution in [-0.4, -0.2) is 20.6 Å². The van der Waals surface area contributed by atoms with Crippen molar-refractivity contribution in [3.63, 3.8) is 0 Å². The molecule has 0 bridgehead atoms. The summed E-state index contributed by atoms with van der Waals surface area (Å²) in [6.07, 6.45) is 3.59. The van der Waals surface area contributed by atoms with Gasteiger partial charge in [0.15, 0.2) is 0 Å². The van der Waals surface area contributed by atoms with Gasteiger partial charge >= 0.3 is 5.97 Å². The van der Waals surface area contributed by atoms with Crippen LogP contribution in [0.25, 0.3) is 33.2 Å². The molecule has 0 aliphatic heterocycles. The zero-order valence-corrected chi connectivity index (χ0v) is 16.4. The molecule has 0 radical (unpaired) electrons. The van der Waals surface area contributed by atoms with Gasteiger partial charge in [-0.1, -0.05) is 41.9 Å². The van der Waals surface area contributed by atoms with E-state index in [-0.39, 0.29) is 6.42 Å². The lowest BCUT2D eigenvalue weighted by Crippen LogP contribution is -2.05. The molecule has 4 nitrogen and oxygen atoms in total. The van der Waals surface area contributed by atoms with Crippen molar-refractivity contribution in [3.8, 4) is 22.4 Å². The minimum Gasteiger partial charge on any atom is -0.481 e. The Labute approximate surface area is 168 Å². The topological polar surface area (TPSA) is 55.1 Å². The van der Waals surface area contributed by atoms with E-state index >= 15 is 0 Å². The zero-order chi connectivity index (χ0) is 19.8. The average molecular weight is 391 g/mol. The number of hydrogen-bond acceptors (Lipinski definition) is 2. The van der Waals surface area contributed by atoms with Gasteiger partial charge in [-0.05, 0) is 58.1 Å². The van der Waals surface area contributed by atoms with Gasteiger partial charge in [0.25, 0.3) is 0 Å². The number of fused-ring (bicyclic) bond motifs is 1. The van der Waals surface area contributed by atoms with E-state index in [0.717, 1.165) is 44.3 Å². The van der Waals surface area contributed by atoms with E-state index in [1.54, 1.807) is 6.33 Å². The lowest BCUT2D eigenvalue weighted by molar-refractivity contribution is -0.136. The van der Waals surface area contributed by atoms with E-state index in [0.29, 0.717) is 5.02 Å². The summed E-state index contributed by atoms with van der Waals surface area (Å²) in [5.74, 6) is -0.843. The smallest absolute Gasteiger partial charge is 0.307 e. The zero-order valence-electron chi connectivity index (χ0n) is 15.6. The molecule has 0 saturated heterocycles. The quantitative estimate of drug-likeness (QED) is 0.500. The highest BCUT2D eigenvalue weighted by Gasteiger charge is 2.16. The highest BCUT2D eigenvalue weighted by atomic mass is 35.5. The van der Waals surface area contributed by atoms with Crippen LogP contribution in [0.4, 0.5) is 0 Å². The van der Waals surface area contributed by atoms with Crippen molar-refractivity contribution in [2.24, 2.45) is 7.05 Å². The van der Waals surface area contributed by atoms with Gasteiger partial charge in [-0.2, -0.15) is 0 Å². The van der Waals surface area contributed by atoms with Crippen LogP contribution < -0.4 is 0 Å². The number of aromatic nitrogens is 2. The van der Waals surface area contributed by atoms with E-state index in [4.69, 9.17) is 11.6 Å². The molecule has 1 N–H and O–H groups in total. The Morgan fingerprint density at radius 2 is 1.82 bits per heavy atom. The van der Waals surface area contributed by atoms with Gasteiger partial charge in [0.1, 0.15) is 0 Å². The number of imidazole rings is 1. The van der Waals surface area contributed by atoms with Crippen LogP contribution in [0.5, 0.6) is 0 Å². The fourth-order valence-electron chi connectivity index (χ4n) is 3.71. The first-order valence-corrected chi connectivity index (χ1v) is 9.32. The molecule has 1 aromatic heterocycles. The first-order chi connectivity index (χ1) is 13.4. The van der Waals surface area contributed by atoms with Crippen molar-refractivity contribution >= 4 is 28.3 Å². The van der Waals surface area contributed by atoms with Gasteiger partial charge in [0.2, 0.25) is 0 Å². The maximum atomic E-state index is 11.5. The Balaban J connectivity index is 2.00. The lowest BCUT2D eigenvalue weighted by atomic mass is 9.88. The van der Waals surface area contributed by atoms with Gasteiger partial charge in [0.05, 0.1) is 24.6 Å². The van der Waals surface area contributed by atoms with E-state index < -0.39 is 5.97 Å². The molecule has 0 fully saturated rings. The van der Waals surface area contributed by atoms with Gasteiger partial charge < -0.3 is 9.67 Å². The molecular weight excluding hydrogens is 372 g/mol. The average Bonchev–Trinajstić information content (AvgIpc) is 3.08. The van der Waals surface area contributed by atoms with E-state index in [2.05, 4.69) is 29.2 Å². The maximum Gasteiger partial charge on any atom is 0.307 e. The molecule has 5 heteroatoms. The highest BCUT2D eigenvalue weighted by molar-refractivity contribution is 6.30. The Kier molecular flexibility index (Phi) is 4.65. The number of carboxylic acid groups (broad SMARTS) is 1. The van der Waals surface area contributed by atoms with Gasteiger partial charge in [-0.15, -0.1) is 0 Å². The fourth-order valence-corrected chi connectivity index (χ4v) is 3.84. The first-order valence-electron chi connectivity index (χ1n) is 8.94. The molecule has 0 aliphatic rings. The Morgan fingerprint density at radius 1 is 1.11 bits per heavy atom. The number of carbonyl (C=O) groups is 1. The third kappa shape index (κ3) is 3.27. The number of benzene rings is 3. The van der Waals surface area contributed by atoms with Crippen molar-refractivity contribution in [1.82, 2.24) is 9.55 Å². The number of carboxylic acids is 1. The third-order valence-electron chi connectivity index (χ3n) is 5.04. The molecule has 1 heterocycles. The summed E-state index contributed by atoms with van der Waals surface area (Å²) in [7, 11) is 1.97. The summed E-state index contributed by atoms with van der Waals surface area (Å²) < 4.78 is 1.98. The van der Waals surface area contributed by atoms with Crippen LogP contribution in [0.3, 0.4) is 0 Å². The molecule has 0 atom stereocenters. The second-order valence-corrected chi connectivity index (χ2v) is 7.39. The number of nitrogens with zero attached hydrogens (tertiary/aromatic N) is 2. The Hall–Kier alpha value is -3.11. The summed E-state index contributed by atoms with van der Waals surface area (Å²) in [5.41, 5.74) is 5.80. The summed E-state index contributed by atoms with van der Waals surface area (Å²) >= 11 is 6.06. The van der Waals surface area contributed by atoms with Crippen molar-refractivity contribution < 1.29 is 9.90 Å². The van der Waals surface area contributed by atoms with E-state index in [1.807, 2.05) is 49.0 Å². The molecular formula is C23H19ClN2O2. The first kappa shape index (κ1) is 18.3. The van der Waals surface area contributed by atoms with Crippen LogP contribution in [0.1, 0.15) is 11.1 Å². The monoisotopic (exact) mass is 390 g/mol. The number of aryl methyl sites for hydroxylation is 2. The third-order valence-corrected chi connectivity index (χ3v) is 5.30. The van der Waals surface area contributed by atoms with Crippen molar-refractivity contribution in [1.29, 1.82) is 0 Å². The summed E-state index contributed by atoms with van der Waals surface area (Å²) in [5, 5.41) is 12.2. The molecule has 4 rings (SSSR count). The molecule has 0 amide bonds. The van der Waals surface area contributed by atoms with Crippen LogP contribution in [0, 0.1) is 6.92 Å². The molecule has 3 aromatic carbocycles. The Bertz CT molecular complexity index is 1190. The molecule has 140 valence electrons. The van der Waals surface area contributed by atoms with Crippen LogP contribution in [0.15, 0.2) is 61.1 Å². The predicted molar refractivity (Wildman–Crippen MR) is 113 cm³/mol. The largest absolute Gasteiger partial charge is 0.481 e. The van der Waals surface area contributed by atoms with Gasteiger partial charge in [-0.3, -0.25) is 4.79 Å². The minimum absolute atomic E-state index is 0.0246. The Morgan fingerprint density at radius 3 is 2.46 bits per heavy atom. The summed E-state index contributed by atoms with van der Waals surface area (Å²) in [6, 6.07) is 15.9. The number of halogens is 1. The highest BCUT2D eigenvalue weighted by Crippen LogP contribution is 2.37. The maximum absolute atomic E-state index is 11.5.